The Balaban J connectivity index is 1.71. The molecule has 1 fully saturated rings. The molecule has 0 saturated heterocycles. The number of rotatable bonds is 4. The Morgan fingerprint density at radius 3 is 2.74 bits per heavy atom. The fraction of sp³-hybridized carbons (Fsp3) is 0.583. The van der Waals surface area contributed by atoms with Crippen molar-refractivity contribution in [3.63, 3.8) is 0 Å². The number of nitrogens with one attached hydrogen (secondary N) is 1. The largest absolute Gasteiger partial charge is 0.369 e. The number of aromatic amines is 1. The summed E-state index contributed by atoms with van der Waals surface area (Å²) in [6, 6.07) is 0.101. The number of aromatic nitrogens is 4. The predicted octanol–water partition coefficient (Wildman–Crippen LogP) is 0.337. The first-order valence-electron chi connectivity index (χ1n) is 7.22. The number of nitrogens with two attached hydrogens (primary N) is 1. The number of anilines is 1. The summed E-state index contributed by atoms with van der Waals surface area (Å²) in [6.07, 6.45) is 3.68. The van der Waals surface area contributed by atoms with Crippen LogP contribution < -0.4 is 11.3 Å². The molecule has 10 nitrogen and oxygen atoms in total. The van der Waals surface area contributed by atoms with E-state index in [0.29, 0.717) is 18.5 Å². The van der Waals surface area contributed by atoms with Crippen LogP contribution in [0.3, 0.4) is 0 Å². The lowest BCUT2D eigenvalue weighted by molar-refractivity contribution is 0.0381. The van der Waals surface area contributed by atoms with Crippen LogP contribution in [0.1, 0.15) is 31.7 Å². The summed E-state index contributed by atoms with van der Waals surface area (Å²) in [5, 5.41) is 0. The van der Waals surface area contributed by atoms with E-state index < -0.39 is 13.9 Å². The summed E-state index contributed by atoms with van der Waals surface area (Å²) in [7, 11) is -4.14. The normalized spacial score (nSPS) is 22.5. The molecule has 1 aliphatic carbocycles. The molecule has 1 aliphatic rings. The molecule has 1 saturated carbocycles. The van der Waals surface area contributed by atoms with Gasteiger partial charge in [-0.05, 0) is 25.7 Å². The van der Waals surface area contributed by atoms with E-state index >= 15 is 0 Å². The zero-order valence-corrected chi connectivity index (χ0v) is 13.1. The molecule has 11 heteroatoms. The number of H-pyrrole nitrogens is 1. The van der Waals surface area contributed by atoms with Crippen molar-refractivity contribution < 1.29 is 19.1 Å². The first-order chi connectivity index (χ1) is 10.8. The molecule has 0 atom stereocenters. The van der Waals surface area contributed by atoms with Crippen LogP contribution in [-0.4, -0.2) is 41.8 Å². The third-order valence-corrected chi connectivity index (χ3v) is 4.45. The molecule has 0 radical (unpaired) electrons. The SMILES string of the molecule is Nc1nc2c(ncn2C2CCC(OCP(=O)(O)O)CC2)c(=O)[nH]1. The van der Waals surface area contributed by atoms with Gasteiger partial charge in [-0.2, -0.15) is 4.98 Å². The number of nitrogens with zero attached hydrogens (tertiary/aromatic N) is 3. The minimum atomic E-state index is -4.14. The molecule has 2 aromatic rings. The molecule has 0 unspecified atom stereocenters. The predicted molar refractivity (Wildman–Crippen MR) is 81.9 cm³/mol. The fourth-order valence-corrected chi connectivity index (χ4v) is 3.31. The topological polar surface area (TPSA) is 156 Å². The molecule has 23 heavy (non-hydrogen) atoms. The minimum absolute atomic E-state index is 0.0444. The Hall–Kier alpha value is -1.74. The van der Waals surface area contributed by atoms with E-state index in [0.717, 1.165) is 12.8 Å². The molecule has 0 aromatic carbocycles. The maximum atomic E-state index is 11.8. The number of hydrogen-bond acceptors (Lipinski definition) is 6. The molecule has 0 amide bonds. The van der Waals surface area contributed by atoms with E-state index in [1.807, 2.05) is 4.57 Å². The van der Waals surface area contributed by atoms with Gasteiger partial charge in [0.15, 0.2) is 11.2 Å². The summed E-state index contributed by atoms with van der Waals surface area (Å²) < 4.78 is 17.9. The van der Waals surface area contributed by atoms with Crippen LogP contribution in [0, 0.1) is 0 Å². The van der Waals surface area contributed by atoms with Crippen LogP contribution in [0.4, 0.5) is 5.95 Å². The monoisotopic (exact) mass is 343 g/mol. The summed E-state index contributed by atoms with van der Waals surface area (Å²) in [5.41, 5.74) is 5.91. The van der Waals surface area contributed by atoms with Gasteiger partial charge in [-0.25, -0.2) is 4.98 Å². The molecule has 126 valence electrons. The number of hydrogen-bond donors (Lipinski definition) is 4. The molecule has 5 N–H and O–H groups in total. The van der Waals surface area contributed by atoms with E-state index in [-0.39, 0.29) is 29.2 Å². The van der Waals surface area contributed by atoms with Gasteiger partial charge in [0.2, 0.25) is 5.95 Å². The molecule has 0 aliphatic heterocycles. The van der Waals surface area contributed by atoms with Crippen molar-refractivity contribution in [2.24, 2.45) is 0 Å². The standard InChI is InChI=1S/C12H18N5O5P/c13-12-15-10-9(11(18)16-12)14-5-17(10)7-1-3-8(4-2-7)22-6-23(19,20)21/h5,7-8H,1-4,6H2,(H2,19,20,21)(H3,13,15,16,18). The van der Waals surface area contributed by atoms with Crippen LogP contribution >= 0.6 is 7.60 Å². The van der Waals surface area contributed by atoms with Crippen molar-refractivity contribution in [2.45, 2.75) is 37.8 Å². The lowest BCUT2D eigenvalue weighted by Gasteiger charge is -2.29. The molecular weight excluding hydrogens is 325 g/mol. The number of ether oxygens (including phenoxy) is 1. The molecule has 2 heterocycles. The third-order valence-electron chi connectivity index (χ3n) is 3.97. The summed E-state index contributed by atoms with van der Waals surface area (Å²) in [4.78, 5) is 40.1. The second-order valence-electron chi connectivity index (χ2n) is 5.67. The van der Waals surface area contributed by atoms with E-state index in [9.17, 15) is 9.36 Å². The van der Waals surface area contributed by atoms with Gasteiger partial charge in [0.25, 0.3) is 5.56 Å². The summed E-state index contributed by atoms with van der Waals surface area (Å²) >= 11 is 0. The first kappa shape index (κ1) is 16.1. The van der Waals surface area contributed by atoms with Gasteiger partial charge in [0, 0.05) is 6.04 Å². The van der Waals surface area contributed by atoms with Gasteiger partial charge in [-0.1, -0.05) is 0 Å². The van der Waals surface area contributed by atoms with E-state index in [4.69, 9.17) is 20.3 Å². The van der Waals surface area contributed by atoms with Gasteiger partial charge in [-0.15, -0.1) is 0 Å². The van der Waals surface area contributed by atoms with Crippen molar-refractivity contribution >= 4 is 24.7 Å². The lowest BCUT2D eigenvalue weighted by Crippen LogP contribution is -2.24. The average molecular weight is 343 g/mol. The Morgan fingerprint density at radius 2 is 2.09 bits per heavy atom. The fourth-order valence-electron chi connectivity index (χ4n) is 2.90. The van der Waals surface area contributed by atoms with Crippen molar-refractivity contribution in [2.75, 3.05) is 12.1 Å². The Bertz CT molecular complexity index is 804. The highest BCUT2D eigenvalue weighted by Crippen LogP contribution is 2.37. The van der Waals surface area contributed by atoms with Crippen molar-refractivity contribution in [1.82, 2.24) is 19.5 Å². The summed E-state index contributed by atoms with van der Waals surface area (Å²) in [5.74, 6) is 0.0444. The van der Waals surface area contributed by atoms with E-state index in [2.05, 4.69) is 15.0 Å². The van der Waals surface area contributed by atoms with E-state index in [1.54, 1.807) is 6.33 Å². The Kier molecular flexibility index (Phi) is 4.24. The van der Waals surface area contributed by atoms with Gasteiger partial charge >= 0.3 is 7.60 Å². The first-order valence-corrected chi connectivity index (χ1v) is 9.02. The summed E-state index contributed by atoms with van der Waals surface area (Å²) in [6.45, 7) is 0. The number of fused-ring (bicyclic) bond motifs is 1. The third kappa shape index (κ3) is 3.61. The van der Waals surface area contributed by atoms with Gasteiger partial charge in [0.1, 0.15) is 6.35 Å². The lowest BCUT2D eigenvalue weighted by atomic mass is 9.93. The molecule has 0 bridgehead atoms. The van der Waals surface area contributed by atoms with Crippen LogP contribution in [0.15, 0.2) is 11.1 Å². The second-order valence-corrected chi connectivity index (χ2v) is 7.25. The number of nitrogen functional groups attached to an aromatic ring is 1. The van der Waals surface area contributed by atoms with Crippen molar-refractivity contribution in [1.29, 1.82) is 0 Å². The highest BCUT2D eigenvalue weighted by Gasteiger charge is 2.26. The quantitative estimate of drug-likeness (QED) is 0.579. The average Bonchev–Trinajstić information content (AvgIpc) is 2.89. The van der Waals surface area contributed by atoms with Crippen LogP contribution in [0.5, 0.6) is 0 Å². The molecular formula is C12H18N5O5P. The second kappa shape index (κ2) is 6.04. The Morgan fingerprint density at radius 1 is 1.39 bits per heavy atom. The maximum absolute atomic E-state index is 11.8. The van der Waals surface area contributed by atoms with Crippen molar-refractivity contribution in [3.8, 4) is 0 Å². The minimum Gasteiger partial charge on any atom is -0.369 e. The Labute approximate surface area is 130 Å². The maximum Gasteiger partial charge on any atom is 0.350 e. The van der Waals surface area contributed by atoms with Crippen molar-refractivity contribution in [3.05, 3.63) is 16.7 Å². The van der Waals surface area contributed by atoms with Crippen LogP contribution in [-0.2, 0) is 9.30 Å². The van der Waals surface area contributed by atoms with Gasteiger partial charge < -0.3 is 24.8 Å². The van der Waals surface area contributed by atoms with Gasteiger partial charge in [-0.3, -0.25) is 14.3 Å². The number of imidazole rings is 1. The smallest absolute Gasteiger partial charge is 0.350 e. The van der Waals surface area contributed by atoms with Gasteiger partial charge in [0.05, 0.1) is 12.4 Å². The zero-order chi connectivity index (χ0) is 16.6. The molecule has 3 rings (SSSR count). The molecule has 0 spiro atoms. The zero-order valence-electron chi connectivity index (χ0n) is 12.3. The van der Waals surface area contributed by atoms with E-state index in [1.165, 1.54) is 0 Å². The van der Waals surface area contributed by atoms with Crippen LogP contribution in [0.2, 0.25) is 0 Å². The molecule has 2 aromatic heterocycles. The highest BCUT2D eigenvalue weighted by molar-refractivity contribution is 7.51. The van der Waals surface area contributed by atoms with Crippen LogP contribution in [0.25, 0.3) is 11.2 Å². The highest BCUT2D eigenvalue weighted by atomic mass is 31.2.